The molecular formula is C29H31F6N3OSSi. The van der Waals surface area contributed by atoms with Crippen LogP contribution in [0.3, 0.4) is 0 Å². The Bertz CT molecular complexity index is 1270. The first-order valence-corrected chi connectivity index (χ1v) is 16.8. The quantitative estimate of drug-likeness (QED) is 0.146. The summed E-state index contributed by atoms with van der Waals surface area (Å²) < 4.78 is 86.8. The number of hydrogen-bond donors (Lipinski definition) is 3. The molecule has 0 aromatic heterocycles. The molecule has 1 aliphatic rings. The maximum absolute atomic E-state index is 13.3. The van der Waals surface area contributed by atoms with Gasteiger partial charge in [0.2, 0.25) is 0 Å². The Morgan fingerprint density at radius 2 is 1.29 bits per heavy atom. The number of halogens is 6. The van der Waals surface area contributed by atoms with E-state index in [4.69, 9.17) is 16.6 Å². The molecule has 1 aliphatic heterocycles. The molecule has 4 nitrogen and oxygen atoms in total. The van der Waals surface area contributed by atoms with E-state index >= 15 is 0 Å². The summed E-state index contributed by atoms with van der Waals surface area (Å²) >= 11 is 5.32. The van der Waals surface area contributed by atoms with E-state index in [-0.39, 0.29) is 23.3 Å². The molecule has 1 fully saturated rings. The number of nitrogens with one attached hydrogen (secondary N) is 3. The predicted octanol–water partition coefficient (Wildman–Crippen LogP) is 7.54. The van der Waals surface area contributed by atoms with Gasteiger partial charge in [0, 0.05) is 24.3 Å². The van der Waals surface area contributed by atoms with Crippen LogP contribution in [0.5, 0.6) is 0 Å². The molecule has 1 heterocycles. The first kappa shape index (κ1) is 31.0. The lowest BCUT2D eigenvalue weighted by Gasteiger charge is -2.44. The van der Waals surface area contributed by atoms with E-state index < -0.39 is 43.1 Å². The minimum Gasteiger partial charge on any atom is -0.403 e. The van der Waals surface area contributed by atoms with Gasteiger partial charge in [0.25, 0.3) is 0 Å². The zero-order valence-electron chi connectivity index (χ0n) is 22.7. The third-order valence-corrected chi connectivity index (χ3v) is 7.83. The average molecular weight is 612 g/mol. The normalized spacial score (nSPS) is 18.3. The Hall–Kier alpha value is -2.93. The summed E-state index contributed by atoms with van der Waals surface area (Å²) in [5, 5.41) is 9.04. The number of thiocarbonyl (C=S) groups is 1. The molecule has 0 unspecified atom stereocenters. The highest BCUT2D eigenvalue weighted by Crippen LogP contribution is 2.42. The molecule has 41 heavy (non-hydrogen) atoms. The van der Waals surface area contributed by atoms with Crippen molar-refractivity contribution in [1.29, 1.82) is 0 Å². The molecule has 12 heteroatoms. The molecule has 4 rings (SSSR count). The van der Waals surface area contributed by atoms with Crippen molar-refractivity contribution in [3.63, 3.8) is 0 Å². The molecular weight excluding hydrogens is 580 g/mol. The van der Waals surface area contributed by atoms with Crippen LogP contribution < -0.4 is 16.0 Å². The van der Waals surface area contributed by atoms with Crippen LogP contribution in [-0.2, 0) is 22.4 Å². The van der Waals surface area contributed by atoms with Gasteiger partial charge in [-0.1, -0.05) is 60.7 Å². The molecule has 220 valence electrons. The minimum atomic E-state index is -4.95. The SMILES string of the molecule is C[Si](C)(C)OC(c1ccccc1)(c1ccccc1)[C@@H]1C[C@H](NC(=S)Nc2cc(C(F)(F)F)cc(C(F)(F)F)c2)CN1. The number of alkyl halides is 6. The monoisotopic (exact) mass is 611 g/mol. The molecule has 0 saturated carbocycles. The highest BCUT2D eigenvalue weighted by atomic mass is 32.1. The van der Waals surface area contributed by atoms with Crippen molar-refractivity contribution in [2.24, 2.45) is 0 Å². The summed E-state index contributed by atoms with van der Waals surface area (Å²) in [5.41, 5.74) is -2.15. The highest BCUT2D eigenvalue weighted by Gasteiger charge is 2.49. The van der Waals surface area contributed by atoms with Crippen molar-refractivity contribution in [3.8, 4) is 0 Å². The van der Waals surface area contributed by atoms with Crippen LogP contribution in [-0.4, -0.2) is 32.1 Å². The van der Waals surface area contributed by atoms with Crippen LogP contribution in [0.4, 0.5) is 32.0 Å². The standard InChI is InChI=1S/C29H31F6N3OSSi/c1-41(2,3)39-27(19-10-6-4-7-11-19,20-12-8-5-9-13-20)25-17-24(18-36-25)38-26(40)37-23-15-21(28(30,31)32)14-22(16-23)29(33,34)35/h4-16,24-25,36H,17-18H2,1-3H3,(H2,37,38,40)/t24-,25-/m0/s1. The second-order valence-electron chi connectivity index (χ2n) is 11.0. The zero-order valence-corrected chi connectivity index (χ0v) is 24.5. The van der Waals surface area contributed by atoms with Crippen LogP contribution in [0.25, 0.3) is 0 Å². The fourth-order valence-electron chi connectivity index (χ4n) is 5.15. The van der Waals surface area contributed by atoms with E-state index in [1.807, 2.05) is 60.7 Å². The molecule has 0 bridgehead atoms. The Morgan fingerprint density at radius 3 is 1.73 bits per heavy atom. The average Bonchev–Trinajstić information content (AvgIpc) is 3.35. The van der Waals surface area contributed by atoms with Gasteiger partial charge in [0.15, 0.2) is 13.4 Å². The fraction of sp³-hybridized carbons (Fsp3) is 0.345. The Kier molecular flexibility index (Phi) is 8.89. The van der Waals surface area contributed by atoms with E-state index in [2.05, 4.69) is 35.6 Å². The van der Waals surface area contributed by atoms with Gasteiger partial charge in [-0.05, 0) is 67.6 Å². The van der Waals surface area contributed by atoms with E-state index in [9.17, 15) is 26.3 Å². The van der Waals surface area contributed by atoms with Gasteiger partial charge in [0.1, 0.15) is 5.60 Å². The Balaban J connectivity index is 1.59. The third kappa shape index (κ3) is 7.48. The van der Waals surface area contributed by atoms with Crippen molar-refractivity contribution in [1.82, 2.24) is 10.6 Å². The van der Waals surface area contributed by atoms with Crippen molar-refractivity contribution < 1.29 is 30.8 Å². The molecule has 0 aliphatic carbocycles. The maximum Gasteiger partial charge on any atom is 0.416 e. The topological polar surface area (TPSA) is 45.3 Å². The zero-order chi connectivity index (χ0) is 30.1. The van der Waals surface area contributed by atoms with Crippen LogP contribution in [0.15, 0.2) is 78.9 Å². The van der Waals surface area contributed by atoms with Gasteiger partial charge in [-0.3, -0.25) is 0 Å². The molecule has 0 amide bonds. The lowest BCUT2D eigenvalue weighted by atomic mass is 9.79. The van der Waals surface area contributed by atoms with Gasteiger partial charge in [0.05, 0.1) is 11.1 Å². The fourth-order valence-corrected chi connectivity index (χ4v) is 6.78. The number of benzene rings is 3. The second-order valence-corrected chi connectivity index (χ2v) is 15.8. The lowest BCUT2D eigenvalue weighted by Crippen LogP contribution is -2.53. The summed E-state index contributed by atoms with van der Waals surface area (Å²) in [4.78, 5) is 0. The molecule has 1 saturated heterocycles. The highest BCUT2D eigenvalue weighted by molar-refractivity contribution is 7.80. The van der Waals surface area contributed by atoms with Crippen LogP contribution >= 0.6 is 12.2 Å². The van der Waals surface area contributed by atoms with Crippen molar-refractivity contribution in [2.45, 2.75) is 56.1 Å². The molecule has 3 aromatic rings. The van der Waals surface area contributed by atoms with E-state index in [0.717, 1.165) is 11.1 Å². The van der Waals surface area contributed by atoms with Gasteiger partial charge < -0.3 is 20.4 Å². The maximum atomic E-state index is 13.3. The molecule has 3 aromatic carbocycles. The first-order valence-electron chi connectivity index (χ1n) is 13.0. The molecule has 2 atom stereocenters. The van der Waals surface area contributed by atoms with E-state index in [1.165, 1.54) is 0 Å². The summed E-state index contributed by atoms with van der Waals surface area (Å²) in [6.45, 7) is 6.78. The van der Waals surface area contributed by atoms with Gasteiger partial charge in [-0.25, -0.2) is 0 Å². The van der Waals surface area contributed by atoms with Gasteiger partial charge in [-0.15, -0.1) is 0 Å². The Labute approximate surface area is 241 Å². The van der Waals surface area contributed by atoms with Gasteiger partial charge in [-0.2, -0.15) is 26.3 Å². The van der Waals surface area contributed by atoms with E-state index in [0.29, 0.717) is 25.1 Å². The summed E-state index contributed by atoms with van der Waals surface area (Å²) in [6.07, 6.45) is -9.39. The molecule has 3 N–H and O–H groups in total. The summed E-state index contributed by atoms with van der Waals surface area (Å²) in [5.74, 6) is 0. The number of anilines is 1. The largest absolute Gasteiger partial charge is 0.416 e. The first-order chi connectivity index (χ1) is 19.1. The van der Waals surface area contributed by atoms with Crippen molar-refractivity contribution >= 4 is 31.3 Å². The smallest absolute Gasteiger partial charge is 0.403 e. The Morgan fingerprint density at radius 1 is 0.805 bits per heavy atom. The van der Waals surface area contributed by atoms with Crippen LogP contribution in [0.2, 0.25) is 19.6 Å². The minimum absolute atomic E-state index is 0.0818. The molecule has 0 spiro atoms. The number of hydrogen-bond acceptors (Lipinski definition) is 3. The predicted molar refractivity (Wildman–Crippen MR) is 154 cm³/mol. The van der Waals surface area contributed by atoms with E-state index in [1.54, 1.807) is 0 Å². The van der Waals surface area contributed by atoms with Crippen molar-refractivity contribution in [2.75, 3.05) is 11.9 Å². The third-order valence-electron chi connectivity index (χ3n) is 6.67. The lowest BCUT2D eigenvalue weighted by molar-refractivity contribution is -0.143. The second kappa shape index (κ2) is 11.7. The number of rotatable bonds is 7. The molecule has 0 radical (unpaired) electrons. The summed E-state index contributed by atoms with van der Waals surface area (Å²) in [6, 6.07) is 20.6. The van der Waals surface area contributed by atoms with Crippen molar-refractivity contribution in [3.05, 3.63) is 101 Å². The summed E-state index contributed by atoms with van der Waals surface area (Å²) in [7, 11) is -2.15. The van der Waals surface area contributed by atoms with Crippen LogP contribution in [0, 0.1) is 0 Å². The van der Waals surface area contributed by atoms with Gasteiger partial charge >= 0.3 is 12.4 Å². The van der Waals surface area contributed by atoms with Crippen LogP contribution in [0.1, 0.15) is 28.7 Å².